The molecular formula is C20H22N4O3. The fraction of sp³-hybridized carbons (Fsp3) is 0.400. The molecule has 0 spiro atoms. The molecule has 4 rings (SSSR count). The number of hydrogen-bond acceptors (Lipinski definition) is 5. The minimum absolute atomic E-state index is 0.00320. The van der Waals surface area contributed by atoms with E-state index < -0.39 is 5.92 Å². The maximum atomic E-state index is 12.9. The Kier molecular flexibility index (Phi) is 5.00. The molecule has 2 aromatic rings. The molecule has 140 valence electrons. The van der Waals surface area contributed by atoms with Crippen molar-refractivity contribution in [1.29, 1.82) is 0 Å². The van der Waals surface area contributed by atoms with Crippen LogP contribution in [0.5, 0.6) is 6.01 Å². The van der Waals surface area contributed by atoms with Gasteiger partial charge < -0.3 is 14.5 Å². The van der Waals surface area contributed by atoms with E-state index >= 15 is 0 Å². The summed E-state index contributed by atoms with van der Waals surface area (Å²) in [6, 6.07) is 11.6. The zero-order valence-corrected chi connectivity index (χ0v) is 15.0. The summed E-state index contributed by atoms with van der Waals surface area (Å²) in [6.45, 7) is 1.76. The topological polar surface area (TPSA) is 75.6 Å². The van der Waals surface area contributed by atoms with Gasteiger partial charge in [-0.05, 0) is 24.6 Å². The minimum Gasteiger partial charge on any atom is -0.460 e. The average molecular weight is 366 g/mol. The van der Waals surface area contributed by atoms with Gasteiger partial charge in [-0.1, -0.05) is 18.2 Å². The maximum Gasteiger partial charge on any atom is 0.316 e. The van der Waals surface area contributed by atoms with Gasteiger partial charge in [0.05, 0.1) is 0 Å². The first-order valence-corrected chi connectivity index (χ1v) is 9.31. The number of rotatable bonds is 4. The summed E-state index contributed by atoms with van der Waals surface area (Å²) in [5.41, 5.74) is 0.854. The zero-order chi connectivity index (χ0) is 18.6. The highest BCUT2D eigenvalue weighted by atomic mass is 16.5. The van der Waals surface area contributed by atoms with E-state index in [1.165, 1.54) is 0 Å². The van der Waals surface area contributed by atoms with Gasteiger partial charge in [-0.3, -0.25) is 9.59 Å². The summed E-state index contributed by atoms with van der Waals surface area (Å²) >= 11 is 0. The van der Waals surface area contributed by atoms with Crippen molar-refractivity contribution < 1.29 is 14.3 Å². The molecule has 3 heterocycles. The standard InChI is InChI=1S/C20H22N4O3/c25-18(17-9-14-24(19(17)26)15-5-2-1-3-6-15)23-12-7-16(8-13-23)27-20-21-10-4-11-22-20/h1-6,10-11,16-17H,7-9,12-14H2/t17-/m1/s1. The number of anilines is 1. The van der Waals surface area contributed by atoms with Crippen molar-refractivity contribution >= 4 is 17.5 Å². The molecule has 0 unspecified atom stereocenters. The molecule has 2 saturated heterocycles. The van der Waals surface area contributed by atoms with Crippen molar-refractivity contribution in [3.63, 3.8) is 0 Å². The first-order chi connectivity index (χ1) is 13.2. The lowest BCUT2D eigenvalue weighted by Gasteiger charge is -2.32. The van der Waals surface area contributed by atoms with Crippen molar-refractivity contribution in [1.82, 2.24) is 14.9 Å². The summed E-state index contributed by atoms with van der Waals surface area (Å²) in [7, 11) is 0. The lowest BCUT2D eigenvalue weighted by molar-refractivity contribution is -0.141. The normalized spacial score (nSPS) is 20.7. The van der Waals surface area contributed by atoms with Crippen LogP contribution in [0.25, 0.3) is 0 Å². The quantitative estimate of drug-likeness (QED) is 0.773. The van der Waals surface area contributed by atoms with Crippen molar-refractivity contribution in [2.24, 2.45) is 5.92 Å². The highest BCUT2D eigenvalue weighted by Gasteiger charge is 2.40. The predicted molar refractivity (Wildman–Crippen MR) is 99.2 cm³/mol. The molecule has 0 radical (unpaired) electrons. The number of likely N-dealkylation sites (tertiary alicyclic amines) is 1. The van der Waals surface area contributed by atoms with E-state index in [0.29, 0.717) is 44.9 Å². The number of benzene rings is 1. The monoisotopic (exact) mass is 366 g/mol. The summed E-state index contributed by atoms with van der Waals surface area (Å²) in [4.78, 5) is 37.3. The van der Waals surface area contributed by atoms with E-state index in [1.807, 2.05) is 30.3 Å². The van der Waals surface area contributed by atoms with E-state index in [9.17, 15) is 9.59 Å². The summed E-state index contributed by atoms with van der Waals surface area (Å²) < 4.78 is 5.77. The number of aromatic nitrogens is 2. The Morgan fingerprint density at radius 3 is 2.37 bits per heavy atom. The van der Waals surface area contributed by atoms with Crippen molar-refractivity contribution in [2.75, 3.05) is 24.5 Å². The lowest BCUT2D eigenvalue weighted by atomic mass is 10.0. The number of carbonyl (C=O) groups is 2. The number of piperidine rings is 1. The summed E-state index contributed by atoms with van der Waals surface area (Å²) in [5.74, 6) is -0.727. The number of carbonyl (C=O) groups excluding carboxylic acids is 2. The molecule has 1 aromatic heterocycles. The van der Waals surface area contributed by atoms with Gasteiger partial charge in [0.25, 0.3) is 0 Å². The third-order valence-electron chi connectivity index (χ3n) is 5.14. The first kappa shape index (κ1) is 17.5. The van der Waals surface area contributed by atoms with Crippen molar-refractivity contribution in [3.8, 4) is 6.01 Å². The SMILES string of the molecule is O=C([C@H]1CCN(c2ccccc2)C1=O)N1CCC(Oc2ncccn2)CC1. The van der Waals surface area contributed by atoms with Crippen molar-refractivity contribution in [3.05, 3.63) is 48.8 Å². The Hall–Kier alpha value is -2.96. The van der Waals surface area contributed by atoms with Crippen LogP contribution < -0.4 is 9.64 Å². The van der Waals surface area contributed by atoms with Crippen LogP contribution in [0.4, 0.5) is 5.69 Å². The lowest BCUT2D eigenvalue weighted by Crippen LogP contribution is -2.46. The van der Waals surface area contributed by atoms with Gasteiger partial charge in [0.15, 0.2) is 0 Å². The van der Waals surface area contributed by atoms with Crippen LogP contribution in [0.3, 0.4) is 0 Å². The van der Waals surface area contributed by atoms with E-state index in [4.69, 9.17) is 4.74 Å². The van der Waals surface area contributed by atoms with Gasteiger partial charge in [-0.2, -0.15) is 0 Å². The van der Waals surface area contributed by atoms with Crippen LogP contribution in [-0.4, -0.2) is 52.4 Å². The molecular weight excluding hydrogens is 344 g/mol. The molecule has 2 fully saturated rings. The first-order valence-electron chi connectivity index (χ1n) is 9.31. The zero-order valence-electron chi connectivity index (χ0n) is 15.0. The van der Waals surface area contributed by atoms with Gasteiger partial charge in [0, 0.05) is 50.6 Å². The molecule has 27 heavy (non-hydrogen) atoms. The molecule has 0 aliphatic carbocycles. The third-order valence-corrected chi connectivity index (χ3v) is 5.14. The summed E-state index contributed by atoms with van der Waals surface area (Å²) in [5, 5.41) is 0. The van der Waals surface area contributed by atoms with E-state index in [0.717, 1.165) is 5.69 Å². The second kappa shape index (κ2) is 7.73. The van der Waals surface area contributed by atoms with Crippen LogP contribution in [0.1, 0.15) is 19.3 Å². The smallest absolute Gasteiger partial charge is 0.316 e. The molecule has 2 aliphatic rings. The molecule has 0 N–H and O–H groups in total. The minimum atomic E-state index is -0.569. The fourth-order valence-electron chi connectivity index (χ4n) is 3.68. The molecule has 1 aromatic carbocycles. The van der Waals surface area contributed by atoms with Gasteiger partial charge >= 0.3 is 6.01 Å². The molecule has 7 heteroatoms. The molecule has 2 aliphatic heterocycles. The second-order valence-electron chi connectivity index (χ2n) is 6.84. The van der Waals surface area contributed by atoms with Gasteiger partial charge in [-0.15, -0.1) is 0 Å². The molecule has 0 bridgehead atoms. The molecule has 2 amide bonds. The fourth-order valence-corrected chi connectivity index (χ4v) is 3.68. The van der Waals surface area contributed by atoms with Crippen molar-refractivity contribution in [2.45, 2.75) is 25.4 Å². The Labute approximate surface area is 158 Å². The third kappa shape index (κ3) is 3.77. The molecule has 1 atom stereocenters. The largest absolute Gasteiger partial charge is 0.460 e. The highest BCUT2D eigenvalue weighted by Crippen LogP contribution is 2.27. The Bertz CT molecular complexity index is 791. The van der Waals surface area contributed by atoms with Crippen LogP contribution in [0, 0.1) is 5.92 Å². The van der Waals surface area contributed by atoms with Crippen LogP contribution in [0.15, 0.2) is 48.8 Å². The Morgan fingerprint density at radius 2 is 1.67 bits per heavy atom. The van der Waals surface area contributed by atoms with E-state index in [-0.39, 0.29) is 17.9 Å². The number of nitrogens with zero attached hydrogens (tertiary/aromatic N) is 4. The maximum absolute atomic E-state index is 12.9. The van der Waals surface area contributed by atoms with Crippen LogP contribution >= 0.6 is 0 Å². The second-order valence-corrected chi connectivity index (χ2v) is 6.84. The van der Waals surface area contributed by atoms with Crippen LogP contribution in [0.2, 0.25) is 0 Å². The molecule has 0 saturated carbocycles. The number of amides is 2. The average Bonchev–Trinajstić information content (AvgIpc) is 3.11. The van der Waals surface area contributed by atoms with Gasteiger partial charge in [-0.25, -0.2) is 9.97 Å². The van der Waals surface area contributed by atoms with Gasteiger partial charge in [0.2, 0.25) is 11.8 Å². The summed E-state index contributed by atoms with van der Waals surface area (Å²) in [6.07, 6.45) is 5.29. The Balaban J connectivity index is 1.32. The highest BCUT2D eigenvalue weighted by molar-refractivity contribution is 6.09. The van der Waals surface area contributed by atoms with Crippen LogP contribution in [-0.2, 0) is 9.59 Å². The van der Waals surface area contributed by atoms with Gasteiger partial charge in [0.1, 0.15) is 12.0 Å². The van der Waals surface area contributed by atoms with E-state index in [1.54, 1.807) is 28.3 Å². The Morgan fingerprint density at radius 1 is 0.963 bits per heavy atom. The molecule has 7 nitrogen and oxygen atoms in total. The number of hydrogen-bond donors (Lipinski definition) is 0. The predicted octanol–water partition coefficient (Wildman–Crippen LogP) is 1.90. The number of para-hydroxylation sites is 1. The van der Waals surface area contributed by atoms with E-state index in [2.05, 4.69) is 9.97 Å². The number of ether oxygens (including phenoxy) is 1.